The monoisotopic (exact) mass is 493 g/mol. The lowest BCUT2D eigenvalue weighted by molar-refractivity contribution is -0.140. The molecule has 3 aromatic rings. The Morgan fingerprint density at radius 2 is 1.72 bits per heavy atom. The third-order valence-electron chi connectivity index (χ3n) is 5.62. The number of benzene rings is 3. The summed E-state index contributed by atoms with van der Waals surface area (Å²) in [5.74, 6) is -0.688. The standard InChI is InChI=1S/C25H24BrN3O3/c1-3-17-8-11-20(12-9-17)29-24(31)28-22-13-10-19(26)14-21(22)25(29,32)23(30)27-15-18-6-4-16(2)5-7-18/h4-14,32H,3,15H2,1-2H3,(H,27,30)(H,28,31)/t25-/m0/s1. The lowest BCUT2D eigenvalue weighted by Gasteiger charge is -2.42. The first kappa shape index (κ1) is 22.0. The smallest absolute Gasteiger partial charge is 0.329 e. The van der Waals surface area contributed by atoms with Crippen LogP contribution in [0.4, 0.5) is 16.2 Å². The second-order valence-electron chi connectivity index (χ2n) is 7.82. The van der Waals surface area contributed by atoms with E-state index in [-0.39, 0.29) is 12.1 Å². The van der Waals surface area contributed by atoms with Crippen LogP contribution in [0.15, 0.2) is 71.2 Å². The Morgan fingerprint density at radius 3 is 2.38 bits per heavy atom. The first-order valence-corrected chi connectivity index (χ1v) is 11.2. The molecular weight excluding hydrogens is 470 g/mol. The van der Waals surface area contributed by atoms with E-state index >= 15 is 0 Å². The van der Waals surface area contributed by atoms with Crippen molar-refractivity contribution in [2.24, 2.45) is 0 Å². The lowest BCUT2D eigenvalue weighted by Crippen LogP contribution is -2.62. The number of nitrogens with zero attached hydrogens (tertiary/aromatic N) is 1. The minimum absolute atomic E-state index is 0.217. The van der Waals surface area contributed by atoms with Crippen molar-refractivity contribution in [1.29, 1.82) is 0 Å². The Hall–Kier alpha value is -3.16. The summed E-state index contributed by atoms with van der Waals surface area (Å²) in [7, 11) is 0. The van der Waals surface area contributed by atoms with Crippen LogP contribution in [0.3, 0.4) is 0 Å². The van der Waals surface area contributed by atoms with Crippen molar-refractivity contribution < 1.29 is 14.7 Å². The maximum absolute atomic E-state index is 13.5. The van der Waals surface area contributed by atoms with E-state index < -0.39 is 17.7 Å². The van der Waals surface area contributed by atoms with Crippen LogP contribution in [0.5, 0.6) is 0 Å². The Kier molecular flexibility index (Phi) is 6.04. The van der Waals surface area contributed by atoms with Crippen molar-refractivity contribution >= 4 is 39.2 Å². The van der Waals surface area contributed by atoms with E-state index in [0.29, 0.717) is 15.8 Å². The molecule has 6 nitrogen and oxygen atoms in total. The number of aryl methyl sites for hydroxylation is 2. The van der Waals surface area contributed by atoms with Gasteiger partial charge in [-0.2, -0.15) is 0 Å². The molecule has 3 aromatic carbocycles. The summed E-state index contributed by atoms with van der Waals surface area (Å²) < 4.78 is 0.679. The quantitative estimate of drug-likeness (QED) is 0.475. The highest BCUT2D eigenvalue weighted by Gasteiger charge is 2.52. The fourth-order valence-electron chi connectivity index (χ4n) is 3.77. The van der Waals surface area contributed by atoms with Gasteiger partial charge in [0.25, 0.3) is 11.6 Å². The average Bonchev–Trinajstić information content (AvgIpc) is 2.79. The molecule has 0 unspecified atom stereocenters. The highest BCUT2D eigenvalue weighted by molar-refractivity contribution is 9.10. The van der Waals surface area contributed by atoms with Crippen LogP contribution in [0, 0.1) is 6.92 Å². The van der Waals surface area contributed by atoms with Crippen LogP contribution >= 0.6 is 15.9 Å². The van der Waals surface area contributed by atoms with Crippen molar-refractivity contribution in [2.75, 3.05) is 10.2 Å². The van der Waals surface area contributed by atoms with Crippen LogP contribution in [0.1, 0.15) is 29.2 Å². The molecule has 1 heterocycles. The van der Waals surface area contributed by atoms with E-state index in [4.69, 9.17) is 0 Å². The summed E-state index contributed by atoms with van der Waals surface area (Å²) in [6, 6.07) is 19.4. The highest BCUT2D eigenvalue weighted by Crippen LogP contribution is 2.41. The zero-order valence-electron chi connectivity index (χ0n) is 17.9. The first-order chi connectivity index (χ1) is 15.3. The van der Waals surface area contributed by atoms with Gasteiger partial charge in [-0.05, 0) is 54.8 Å². The summed E-state index contributed by atoms with van der Waals surface area (Å²) >= 11 is 3.41. The summed E-state index contributed by atoms with van der Waals surface area (Å²) in [4.78, 5) is 27.7. The van der Waals surface area contributed by atoms with Gasteiger partial charge < -0.3 is 15.7 Å². The van der Waals surface area contributed by atoms with Gasteiger partial charge in [-0.1, -0.05) is 64.8 Å². The van der Waals surface area contributed by atoms with Gasteiger partial charge >= 0.3 is 6.03 Å². The highest BCUT2D eigenvalue weighted by atomic mass is 79.9. The molecule has 1 aliphatic rings. The predicted octanol–water partition coefficient (Wildman–Crippen LogP) is 4.83. The zero-order valence-corrected chi connectivity index (χ0v) is 19.4. The third kappa shape index (κ3) is 4.01. The van der Waals surface area contributed by atoms with Crippen molar-refractivity contribution in [3.05, 3.63) is 93.5 Å². The summed E-state index contributed by atoms with van der Waals surface area (Å²) in [5, 5.41) is 17.5. The molecule has 0 saturated carbocycles. The molecule has 0 spiro atoms. The Balaban J connectivity index is 1.76. The maximum atomic E-state index is 13.5. The van der Waals surface area contributed by atoms with Gasteiger partial charge in [-0.3, -0.25) is 9.69 Å². The third-order valence-corrected chi connectivity index (χ3v) is 6.11. The molecule has 1 atom stereocenters. The van der Waals surface area contributed by atoms with E-state index in [2.05, 4.69) is 26.6 Å². The zero-order chi connectivity index (χ0) is 22.9. The van der Waals surface area contributed by atoms with Crippen LogP contribution in [-0.4, -0.2) is 17.0 Å². The van der Waals surface area contributed by atoms with Crippen molar-refractivity contribution in [2.45, 2.75) is 32.5 Å². The molecule has 32 heavy (non-hydrogen) atoms. The molecular formula is C25H24BrN3O3. The number of urea groups is 1. The van der Waals surface area contributed by atoms with Crippen molar-refractivity contribution in [3.8, 4) is 0 Å². The van der Waals surface area contributed by atoms with Crippen molar-refractivity contribution in [1.82, 2.24) is 5.32 Å². The number of anilines is 2. The molecule has 1 aliphatic heterocycles. The fraction of sp³-hybridized carbons (Fsp3) is 0.200. The average molecular weight is 494 g/mol. The Bertz CT molecular complexity index is 1160. The van der Waals surface area contributed by atoms with Gasteiger partial charge in [0.1, 0.15) is 0 Å². The maximum Gasteiger partial charge on any atom is 0.329 e. The topological polar surface area (TPSA) is 81.7 Å². The molecule has 3 amide bonds. The second kappa shape index (κ2) is 8.76. The molecule has 0 saturated heterocycles. The largest absolute Gasteiger partial charge is 0.359 e. The number of hydrogen-bond acceptors (Lipinski definition) is 3. The van der Waals surface area contributed by atoms with E-state index in [1.165, 1.54) is 0 Å². The SMILES string of the molecule is CCc1ccc(N2C(=O)Nc3ccc(Br)cc3[C@]2(O)C(=O)NCc2ccc(C)cc2)cc1. The van der Waals surface area contributed by atoms with E-state index in [1.54, 1.807) is 30.3 Å². The molecule has 0 bridgehead atoms. The number of nitrogens with one attached hydrogen (secondary N) is 2. The number of rotatable bonds is 5. The Labute approximate surface area is 195 Å². The molecule has 0 aliphatic carbocycles. The Morgan fingerprint density at radius 1 is 1.06 bits per heavy atom. The predicted molar refractivity (Wildman–Crippen MR) is 128 cm³/mol. The minimum atomic E-state index is -2.24. The van der Waals surface area contributed by atoms with Crippen LogP contribution < -0.4 is 15.5 Å². The van der Waals surface area contributed by atoms with Gasteiger partial charge in [0, 0.05) is 22.3 Å². The van der Waals surface area contributed by atoms with E-state index in [1.807, 2.05) is 50.2 Å². The minimum Gasteiger partial charge on any atom is -0.359 e. The molecule has 0 radical (unpaired) electrons. The first-order valence-electron chi connectivity index (χ1n) is 10.4. The summed E-state index contributed by atoms with van der Waals surface area (Å²) in [6.45, 7) is 4.24. The number of carbonyl (C=O) groups is 2. The van der Waals surface area contributed by atoms with Gasteiger partial charge in [0.05, 0.1) is 5.69 Å². The molecule has 3 N–H and O–H groups in total. The lowest BCUT2D eigenvalue weighted by atomic mass is 9.94. The summed E-state index contributed by atoms with van der Waals surface area (Å²) in [6.07, 6.45) is 0.837. The van der Waals surface area contributed by atoms with E-state index in [9.17, 15) is 14.7 Å². The summed E-state index contributed by atoms with van der Waals surface area (Å²) in [5.41, 5.74) is 1.93. The number of amides is 3. The van der Waals surface area contributed by atoms with E-state index in [0.717, 1.165) is 28.0 Å². The number of halogens is 1. The van der Waals surface area contributed by atoms with Gasteiger partial charge in [0.15, 0.2) is 0 Å². The number of aliphatic hydroxyl groups is 1. The fourth-order valence-corrected chi connectivity index (χ4v) is 4.13. The molecule has 0 fully saturated rings. The van der Waals surface area contributed by atoms with Crippen LogP contribution in [0.2, 0.25) is 0 Å². The number of carbonyl (C=O) groups excluding carboxylic acids is 2. The number of hydrogen-bond donors (Lipinski definition) is 3. The van der Waals surface area contributed by atoms with Crippen molar-refractivity contribution in [3.63, 3.8) is 0 Å². The molecule has 0 aromatic heterocycles. The van der Waals surface area contributed by atoms with Crippen LogP contribution in [-0.2, 0) is 23.5 Å². The molecule has 164 valence electrons. The van der Waals surface area contributed by atoms with Crippen LogP contribution in [0.25, 0.3) is 0 Å². The molecule has 4 rings (SSSR count). The van der Waals surface area contributed by atoms with Gasteiger partial charge in [-0.25, -0.2) is 4.79 Å². The number of fused-ring (bicyclic) bond motifs is 1. The van der Waals surface area contributed by atoms with Gasteiger partial charge in [-0.15, -0.1) is 0 Å². The normalized spacial score (nSPS) is 17.5. The second-order valence-corrected chi connectivity index (χ2v) is 8.73. The molecule has 7 heteroatoms. The van der Waals surface area contributed by atoms with Gasteiger partial charge in [0.2, 0.25) is 0 Å².